The molecule has 0 aromatic heterocycles. The maximum absolute atomic E-state index is 10.8. The van der Waals surface area contributed by atoms with Crippen molar-refractivity contribution in [3.63, 3.8) is 0 Å². The standard InChI is InChI=1S/C14H20N2O2/c1-10-8-14(16(17)18)11(2)7-13(10)15-9-12-5-3-4-6-12/h7-8,12,15H,3-6,9H2,1-2H3. The number of aryl methyl sites for hydroxylation is 2. The Morgan fingerprint density at radius 3 is 2.56 bits per heavy atom. The van der Waals surface area contributed by atoms with Gasteiger partial charge in [-0.15, -0.1) is 0 Å². The van der Waals surface area contributed by atoms with E-state index in [0.717, 1.165) is 29.3 Å². The van der Waals surface area contributed by atoms with Gasteiger partial charge in [0.2, 0.25) is 0 Å². The van der Waals surface area contributed by atoms with Crippen molar-refractivity contribution >= 4 is 11.4 Å². The SMILES string of the molecule is Cc1cc([N+](=O)[O-])c(C)cc1NCC1CCCC1. The highest BCUT2D eigenvalue weighted by atomic mass is 16.6. The van der Waals surface area contributed by atoms with E-state index in [2.05, 4.69) is 5.32 Å². The lowest BCUT2D eigenvalue weighted by molar-refractivity contribution is -0.385. The highest BCUT2D eigenvalue weighted by molar-refractivity contribution is 5.59. The van der Waals surface area contributed by atoms with E-state index in [1.807, 2.05) is 13.0 Å². The summed E-state index contributed by atoms with van der Waals surface area (Å²) < 4.78 is 0. The van der Waals surface area contributed by atoms with Crippen LogP contribution in [0.1, 0.15) is 36.8 Å². The monoisotopic (exact) mass is 248 g/mol. The van der Waals surface area contributed by atoms with E-state index < -0.39 is 0 Å². The van der Waals surface area contributed by atoms with Crippen molar-refractivity contribution in [2.75, 3.05) is 11.9 Å². The zero-order valence-corrected chi connectivity index (χ0v) is 11.0. The van der Waals surface area contributed by atoms with Gasteiger partial charge >= 0.3 is 0 Å². The van der Waals surface area contributed by atoms with E-state index >= 15 is 0 Å². The van der Waals surface area contributed by atoms with Gasteiger partial charge in [-0.1, -0.05) is 12.8 Å². The van der Waals surface area contributed by atoms with Gasteiger partial charge in [-0.2, -0.15) is 0 Å². The zero-order chi connectivity index (χ0) is 13.1. The van der Waals surface area contributed by atoms with Crippen LogP contribution in [0.15, 0.2) is 12.1 Å². The molecule has 0 amide bonds. The summed E-state index contributed by atoms with van der Waals surface area (Å²) in [4.78, 5) is 10.5. The molecule has 1 saturated carbocycles. The van der Waals surface area contributed by atoms with Crippen LogP contribution < -0.4 is 5.32 Å². The average molecular weight is 248 g/mol. The molecule has 98 valence electrons. The van der Waals surface area contributed by atoms with Gasteiger partial charge in [0.05, 0.1) is 4.92 Å². The van der Waals surface area contributed by atoms with Crippen LogP contribution in [0.4, 0.5) is 11.4 Å². The molecule has 18 heavy (non-hydrogen) atoms. The van der Waals surface area contributed by atoms with Crippen LogP contribution in [0.25, 0.3) is 0 Å². The molecule has 0 atom stereocenters. The number of nitrogens with one attached hydrogen (secondary N) is 1. The van der Waals surface area contributed by atoms with Crippen LogP contribution in [0.2, 0.25) is 0 Å². The number of rotatable bonds is 4. The summed E-state index contributed by atoms with van der Waals surface area (Å²) in [5, 5.41) is 14.3. The Labute approximate surface area is 108 Å². The molecule has 4 nitrogen and oxygen atoms in total. The first-order valence-electron chi connectivity index (χ1n) is 6.57. The first-order chi connectivity index (χ1) is 8.58. The van der Waals surface area contributed by atoms with Crippen LogP contribution in [-0.4, -0.2) is 11.5 Å². The van der Waals surface area contributed by atoms with Crippen molar-refractivity contribution in [1.82, 2.24) is 0 Å². The first-order valence-corrected chi connectivity index (χ1v) is 6.57. The molecule has 0 bridgehead atoms. The molecule has 0 saturated heterocycles. The fraction of sp³-hybridized carbons (Fsp3) is 0.571. The Morgan fingerprint density at radius 2 is 1.94 bits per heavy atom. The van der Waals surface area contributed by atoms with Crippen molar-refractivity contribution in [2.45, 2.75) is 39.5 Å². The number of hydrogen-bond donors (Lipinski definition) is 1. The Morgan fingerprint density at radius 1 is 1.28 bits per heavy atom. The Bertz CT molecular complexity index is 451. The molecule has 1 aliphatic carbocycles. The van der Waals surface area contributed by atoms with Crippen molar-refractivity contribution in [2.24, 2.45) is 5.92 Å². The van der Waals surface area contributed by atoms with Crippen molar-refractivity contribution in [3.8, 4) is 0 Å². The van der Waals surface area contributed by atoms with Crippen molar-refractivity contribution in [1.29, 1.82) is 0 Å². The van der Waals surface area contributed by atoms with E-state index in [1.165, 1.54) is 25.7 Å². The normalized spacial score (nSPS) is 15.9. The summed E-state index contributed by atoms with van der Waals surface area (Å²) in [6, 6.07) is 3.55. The van der Waals surface area contributed by atoms with E-state index in [9.17, 15) is 10.1 Å². The smallest absolute Gasteiger partial charge is 0.272 e. The van der Waals surface area contributed by atoms with Gasteiger partial charge in [0, 0.05) is 23.9 Å². The number of anilines is 1. The lowest BCUT2D eigenvalue weighted by Gasteiger charge is -2.14. The second-order valence-electron chi connectivity index (χ2n) is 5.24. The lowest BCUT2D eigenvalue weighted by atomic mass is 10.1. The van der Waals surface area contributed by atoms with Crippen LogP contribution in [-0.2, 0) is 0 Å². The van der Waals surface area contributed by atoms with Gasteiger partial charge in [-0.25, -0.2) is 0 Å². The number of hydrogen-bond acceptors (Lipinski definition) is 3. The molecule has 1 aromatic carbocycles. The number of nitrogens with zero attached hydrogens (tertiary/aromatic N) is 1. The third kappa shape index (κ3) is 2.81. The molecule has 0 heterocycles. The number of nitro groups is 1. The molecule has 1 aromatic rings. The number of nitro benzene ring substituents is 1. The van der Waals surface area contributed by atoms with E-state index in [0.29, 0.717) is 0 Å². The first kappa shape index (κ1) is 12.9. The zero-order valence-electron chi connectivity index (χ0n) is 11.0. The molecule has 0 aliphatic heterocycles. The molecule has 1 N–H and O–H groups in total. The maximum atomic E-state index is 10.8. The fourth-order valence-corrected chi connectivity index (χ4v) is 2.66. The van der Waals surface area contributed by atoms with Gasteiger partial charge in [-0.05, 0) is 44.2 Å². The second kappa shape index (κ2) is 5.38. The molecule has 0 radical (unpaired) electrons. The van der Waals surface area contributed by atoms with E-state index in [-0.39, 0.29) is 10.6 Å². The van der Waals surface area contributed by atoms with Gasteiger partial charge in [0.25, 0.3) is 5.69 Å². The Balaban J connectivity index is 2.08. The largest absolute Gasteiger partial charge is 0.385 e. The highest BCUT2D eigenvalue weighted by Crippen LogP contribution is 2.28. The molecule has 0 unspecified atom stereocenters. The summed E-state index contributed by atoms with van der Waals surface area (Å²) in [5.41, 5.74) is 2.91. The minimum Gasteiger partial charge on any atom is -0.385 e. The quantitative estimate of drug-likeness (QED) is 0.651. The topological polar surface area (TPSA) is 55.2 Å². The summed E-state index contributed by atoms with van der Waals surface area (Å²) in [6.45, 7) is 4.69. The number of benzene rings is 1. The minimum atomic E-state index is -0.316. The lowest BCUT2D eigenvalue weighted by Crippen LogP contribution is -2.12. The molecule has 4 heteroatoms. The summed E-state index contributed by atoms with van der Waals surface area (Å²) in [6.07, 6.45) is 5.28. The van der Waals surface area contributed by atoms with Crippen LogP contribution in [0.5, 0.6) is 0 Å². The second-order valence-corrected chi connectivity index (χ2v) is 5.24. The third-order valence-corrected chi connectivity index (χ3v) is 3.80. The molecule has 1 aliphatic rings. The van der Waals surface area contributed by atoms with Crippen LogP contribution in [0.3, 0.4) is 0 Å². The molecule has 2 rings (SSSR count). The van der Waals surface area contributed by atoms with Crippen LogP contribution in [0, 0.1) is 29.9 Å². The molecule has 0 spiro atoms. The minimum absolute atomic E-state index is 0.207. The molecular weight excluding hydrogens is 228 g/mol. The van der Waals surface area contributed by atoms with Crippen molar-refractivity contribution in [3.05, 3.63) is 33.4 Å². The maximum Gasteiger partial charge on any atom is 0.272 e. The summed E-state index contributed by atoms with van der Waals surface area (Å²) >= 11 is 0. The summed E-state index contributed by atoms with van der Waals surface area (Å²) in [7, 11) is 0. The predicted octanol–water partition coefficient (Wildman–Crippen LogP) is 3.81. The van der Waals surface area contributed by atoms with Gasteiger partial charge in [0.1, 0.15) is 0 Å². The highest BCUT2D eigenvalue weighted by Gasteiger charge is 2.16. The van der Waals surface area contributed by atoms with Crippen molar-refractivity contribution < 1.29 is 4.92 Å². The average Bonchev–Trinajstić information content (AvgIpc) is 2.82. The Hall–Kier alpha value is -1.58. The van der Waals surface area contributed by atoms with Gasteiger partial charge in [0.15, 0.2) is 0 Å². The molecular formula is C14H20N2O2. The fourth-order valence-electron chi connectivity index (χ4n) is 2.66. The molecule has 1 fully saturated rings. The van der Waals surface area contributed by atoms with E-state index in [4.69, 9.17) is 0 Å². The van der Waals surface area contributed by atoms with Gasteiger partial charge in [-0.3, -0.25) is 10.1 Å². The summed E-state index contributed by atoms with van der Waals surface area (Å²) in [5.74, 6) is 0.764. The third-order valence-electron chi connectivity index (χ3n) is 3.80. The van der Waals surface area contributed by atoms with Gasteiger partial charge < -0.3 is 5.32 Å². The predicted molar refractivity (Wildman–Crippen MR) is 73.0 cm³/mol. The Kier molecular flexibility index (Phi) is 3.84. The van der Waals surface area contributed by atoms with E-state index in [1.54, 1.807) is 13.0 Å². The van der Waals surface area contributed by atoms with Crippen LogP contribution >= 0.6 is 0 Å².